The lowest BCUT2D eigenvalue weighted by molar-refractivity contribution is 0.0943. The normalized spacial score (nSPS) is 10.6. The largest absolute Gasteiger partial charge is 0.397 e. The van der Waals surface area contributed by atoms with Gasteiger partial charge in [0.1, 0.15) is 5.69 Å². The summed E-state index contributed by atoms with van der Waals surface area (Å²) in [5.74, 6) is -0.0929. The van der Waals surface area contributed by atoms with E-state index in [2.05, 4.69) is 23.7 Å². The van der Waals surface area contributed by atoms with Crippen LogP contribution in [0.2, 0.25) is 0 Å². The molecule has 5 heteroatoms. The summed E-state index contributed by atoms with van der Waals surface area (Å²) in [6.45, 7) is 2.69. The van der Waals surface area contributed by atoms with Gasteiger partial charge in [0.05, 0.1) is 12.2 Å². The van der Waals surface area contributed by atoms with E-state index in [-0.39, 0.29) is 5.91 Å². The predicted octanol–water partition coefficient (Wildman–Crippen LogP) is 2.16. The molecule has 0 saturated heterocycles. The van der Waals surface area contributed by atoms with Gasteiger partial charge in [-0.2, -0.15) is 0 Å². The first kappa shape index (κ1) is 12.7. The minimum absolute atomic E-state index is 0.0929. The minimum Gasteiger partial charge on any atom is -0.397 e. The average molecular weight is 263 g/mol. The maximum atomic E-state index is 12.0. The van der Waals surface area contributed by atoms with Crippen molar-refractivity contribution in [1.29, 1.82) is 0 Å². The topological polar surface area (TPSA) is 60.1 Å². The van der Waals surface area contributed by atoms with Crippen LogP contribution in [0.4, 0.5) is 5.69 Å². The van der Waals surface area contributed by atoms with Crippen LogP contribution in [-0.4, -0.2) is 10.5 Å². The van der Waals surface area contributed by atoms with Crippen LogP contribution in [0.1, 0.15) is 27.9 Å². The minimum atomic E-state index is -0.0929. The highest BCUT2D eigenvalue weighted by molar-refractivity contribution is 7.10. The number of aryl methyl sites for hydroxylation is 2. The molecule has 1 amide bonds. The molecule has 0 spiro atoms. The average Bonchev–Trinajstić information content (AvgIpc) is 2.92. The fourth-order valence-electron chi connectivity index (χ4n) is 1.90. The maximum Gasteiger partial charge on any atom is 0.268 e. The summed E-state index contributed by atoms with van der Waals surface area (Å²) in [5.41, 5.74) is 8.14. The van der Waals surface area contributed by atoms with Crippen molar-refractivity contribution in [2.24, 2.45) is 7.05 Å². The number of carbonyl (C=O) groups is 1. The Balaban J connectivity index is 2.03. The van der Waals surface area contributed by atoms with Crippen molar-refractivity contribution in [3.05, 3.63) is 39.8 Å². The molecule has 96 valence electrons. The van der Waals surface area contributed by atoms with E-state index in [1.54, 1.807) is 28.2 Å². The highest BCUT2D eigenvalue weighted by atomic mass is 32.1. The molecule has 0 saturated carbocycles. The molecule has 0 aliphatic heterocycles. The van der Waals surface area contributed by atoms with Crippen molar-refractivity contribution in [3.63, 3.8) is 0 Å². The second-order valence-corrected chi connectivity index (χ2v) is 5.18. The van der Waals surface area contributed by atoms with Gasteiger partial charge in [-0.1, -0.05) is 6.92 Å². The molecule has 0 aliphatic rings. The van der Waals surface area contributed by atoms with Gasteiger partial charge in [-0.05, 0) is 29.5 Å². The highest BCUT2D eigenvalue weighted by Gasteiger charge is 2.11. The second-order valence-electron chi connectivity index (χ2n) is 4.17. The third-order valence-corrected chi connectivity index (χ3v) is 3.85. The van der Waals surface area contributed by atoms with Gasteiger partial charge in [-0.3, -0.25) is 4.79 Å². The fraction of sp³-hybridized carbons (Fsp3) is 0.308. The number of amides is 1. The monoisotopic (exact) mass is 263 g/mol. The lowest BCUT2D eigenvalue weighted by Gasteiger charge is -2.06. The Morgan fingerprint density at radius 2 is 2.33 bits per heavy atom. The van der Waals surface area contributed by atoms with E-state index in [1.165, 1.54) is 10.4 Å². The molecule has 0 atom stereocenters. The Morgan fingerprint density at radius 3 is 2.94 bits per heavy atom. The van der Waals surface area contributed by atoms with E-state index in [4.69, 9.17) is 5.73 Å². The zero-order valence-corrected chi connectivity index (χ0v) is 11.4. The number of anilines is 1. The lowest BCUT2D eigenvalue weighted by atomic mass is 10.2. The molecule has 4 nitrogen and oxygen atoms in total. The van der Waals surface area contributed by atoms with Crippen molar-refractivity contribution in [1.82, 2.24) is 9.88 Å². The van der Waals surface area contributed by atoms with Crippen LogP contribution >= 0.6 is 11.3 Å². The van der Waals surface area contributed by atoms with Crippen LogP contribution in [0.3, 0.4) is 0 Å². The predicted molar refractivity (Wildman–Crippen MR) is 74.7 cm³/mol. The molecule has 0 aromatic carbocycles. The first-order valence-corrected chi connectivity index (χ1v) is 6.75. The molecule has 0 bridgehead atoms. The number of hydrogen-bond acceptors (Lipinski definition) is 3. The molecule has 18 heavy (non-hydrogen) atoms. The number of rotatable bonds is 4. The number of aromatic nitrogens is 1. The van der Waals surface area contributed by atoms with E-state index in [9.17, 15) is 4.79 Å². The van der Waals surface area contributed by atoms with Crippen LogP contribution < -0.4 is 11.1 Å². The van der Waals surface area contributed by atoms with Crippen molar-refractivity contribution in [2.75, 3.05) is 5.73 Å². The summed E-state index contributed by atoms with van der Waals surface area (Å²) >= 11 is 1.67. The van der Waals surface area contributed by atoms with Gasteiger partial charge in [0, 0.05) is 18.1 Å². The number of nitrogens with zero attached hydrogens (tertiary/aromatic N) is 1. The Labute approximate surface area is 110 Å². The van der Waals surface area contributed by atoms with Crippen molar-refractivity contribution in [2.45, 2.75) is 19.9 Å². The number of thiophene rings is 1. The summed E-state index contributed by atoms with van der Waals surface area (Å²) in [5, 5.41) is 4.98. The third kappa shape index (κ3) is 2.56. The van der Waals surface area contributed by atoms with E-state index in [1.807, 2.05) is 7.05 Å². The number of carbonyl (C=O) groups excluding carboxylic acids is 1. The van der Waals surface area contributed by atoms with Crippen molar-refractivity contribution in [3.8, 4) is 0 Å². The van der Waals surface area contributed by atoms with E-state index < -0.39 is 0 Å². The second kappa shape index (κ2) is 5.27. The molecule has 2 aromatic rings. The molecular weight excluding hydrogens is 246 g/mol. The number of nitrogens with two attached hydrogens (primary N) is 1. The number of hydrogen-bond donors (Lipinski definition) is 2. The molecule has 0 fully saturated rings. The summed E-state index contributed by atoms with van der Waals surface area (Å²) in [6, 6.07) is 3.79. The molecule has 2 heterocycles. The first-order chi connectivity index (χ1) is 8.61. The van der Waals surface area contributed by atoms with Crippen molar-refractivity contribution >= 4 is 22.9 Å². The van der Waals surface area contributed by atoms with Crippen LogP contribution in [0, 0.1) is 0 Å². The Hall–Kier alpha value is -1.75. The highest BCUT2D eigenvalue weighted by Crippen LogP contribution is 2.17. The van der Waals surface area contributed by atoms with Gasteiger partial charge in [0.15, 0.2) is 0 Å². The third-order valence-electron chi connectivity index (χ3n) is 2.89. The number of nitrogen functional groups attached to an aromatic ring is 1. The summed E-state index contributed by atoms with van der Waals surface area (Å²) in [6.07, 6.45) is 2.73. The maximum absolute atomic E-state index is 12.0. The zero-order valence-electron chi connectivity index (χ0n) is 10.6. The molecular formula is C13H17N3OS. The van der Waals surface area contributed by atoms with Gasteiger partial charge in [-0.15, -0.1) is 11.3 Å². The quantitative estimate of drug-likeness (QED) is 0.888. The molecule has 0 unspecified atom stereocenters. The van der Waals surface area contributed by atoms with Gasteiger partial charge in [-0.25, -0.2) is 0 Å². The fourth-order valence-corrected chi connectivity index (χ4v) is 2.82. The number of nitrogens with one attached hydrogen (secondary N) is 1. The summed E-state index contributed by atoms with van der Waals surface area (Å²) in [7, 11) is 1.81. The standard InChI is InChI=1S/C13H17N3OS/c1-3-9-4-5-18-12(9)7-15-13(17)11-6-10(14)8-16(11)2/h4-6,8H,3,7,14H2,1-2H3,(H,15,17). The van der Waals surface area contributed by atoms with Gasteiger partial charge >= 0.3 is 0 Å². The Kier molecular flexibility index (Phi) is 3.72. The molecule has 0 aliphatic carbocycles. The zero-order chi connectivity index (χ0) is 13.1. The van der Waals surface area contributed by atoms with Crippen LogP contribution in [0.5, 0.6) is 0 Å². The van der Waals surface area contributed by atoms with Gasteiger partial charge in [0.2, 0.25) is 0 Å². The van der Waals surface area contributed by atoms with Crippen LogP contribution in [-0.2, 0) is 20.0 Å². The smallest absolute Gasteiger partial charge is 0.268 e. The Bertz CT molecular complexity index is 556. The summed E-state index contributed by atoms with van der Waals surface area (Å²) < 4.78 is 1.74. The SMILES string of the molecule is CCc1ccsc1CNC(=O)c1cc(N)cn1C. The molecule has 2 rings (SSSR count). The van der Waals surface area contributed by atoms with E-state index in [0.29, 0.717) is 17.9 Å². The summed E-state index contributed by atoms with van der Waals surface area (Å²) in [4.78, 5) is 13.2. The molecule has 3 N–H and O–H groups in total. The van der Waals surface area contributed by atoms with E-state index >= 15 is 0 Å². The van der Waals surface area contributed by atoms with Crippen LogP contribution in [0.15, 0.2) is 23.7 Å². The molecule has 0 radical (unpaired) electrons. The lowest BCUT2D eigenvalue weighted by Crippen LogP contribution is -2.24. The first-order valence-electron chi connectivity index (χ1n) is 5.87. The Morgan fingerprint density at radius 1 is 1.56 bits per heavy atom. The van der Waals surface area contributed by atoms with Gasteiger partial charge in [0.25, 0.3) is 5.91 Å². The molecule has 2 aromatic heterocycles. The van der Waals surface area contributed by atoms with Crippen LogP contribution in [0.25, 0.3) is 0 Å². The van der Waals surface area contributed by atoms with Crippen molar-refractivity contribution < 1.29 is 4.79 Å². The van der Waals surface area contributed by atoms with E-state index in [0.717, 1.165) is 6.42 Å². The van der Waals surface area contributed by atoms with Gasteiger partial charge < -0.3 is 15.6 Å².